The van der Waals surface area contributed by atoms with E-state index in [1.54, 1.807) is 18.2 Å². The third-order valence-corrected chi connectivity index (χ3v) is 7.82. The smallest absolute Gasteiger partial charge is 0.457 e. The van der Waals surface area contributed by atoms with Gasteiger partial charge in [-0.15, -0.1) is 0 Å². The Kier molecular flexibility index (Phi) is 7.99. The van der Waals surface area contributed by atoms with E-state index in [1.807, 2.05) is 30.3 Å². The standard InChI is InChI=1S/C29H25Cl2F3N2O4/c30-21-10-8-19(9-11-21)25(37)36-18-28(26(36)40-27(38)29(32,33)34)12-14-35(15-13-28)17-20-4-1-2-7-24(20)39-23-6-3-5-22(31)16-23/h1-11,16,26H,12-15,17-18H2. The molecule has 0 aromatic heterocycles. The molecule has 2 aliphatic rings. The van der Waals surface area contributed by atoms with E-state index >= 15 is 0 Å². The summed E-state index contributed by atoms with van der Waals surface area (Å²) in [6, 6.07) is 20.7. The second-order valence-corrected chi connectivity index (χ2v) is 10.9. The Labute approximate surface area is 239 Å². The molecule has 0 N–H and O–H groups in total. The summed E-state index contributed by atoms with van der Waals surface area (Å²) >= 11 is 12.0. The molecule has 0 saturated carbocycles. The van der Waals surface area contributed by atoms with Gasteiger partial charge in [0.1, 0.15) is 11.5 Å². The molecule has 3 aromatic rings. The number of rotatable bonds is 6. The summed E-state index contributed by atoms with van der Waals surface area (Å²) in [5.74, 6) is -1.55. The average Bonchev–Trinajstić information content (AvgIpc) is 2.92. The first kappa shape index (κ1) is 28.3. The number of benzene rings is 3. The summed E-state index contributed by atoms with van der Waals surface area (Å²) < 4.78 is 50.4. The van der Waals surface area contributed by atoms with E-state index in [9.17, 15) is 22.8 Å². The number of carbonyl (C=O) groups is 2. The molecule has 210 valence electrons. The highest BCUT2D eigenvalue weighted by molar-refractivity contribution is 6.31. The third-order valence-electron chi connectivity index (χ3n) is 7.34. The number of halogens is 5. The second kappa shape index (κ2) is 11.3. The number of nitrogens with zero attached hydrogens (tertiary/aromatic N) is 2. The van der Waals surface area contributed by atoms with Crippen LogP contribution in [0.25, 0.3) is 0 Å². The average molecular weight is 593 g/mol. The van der Waals surface area contributed by atoms with Crippen molar-refractivity contribution >= 4 is 35.1 Å². The molecule has 1 amide bonds. The summed E-state index contributed by atoms with van der Waals surface area (Å²) in [5.41, 5.74) is 0.420. The molecule has 2 fully saturated rings. The molecule has 1 unspecified atom stereocenters. The maximum absolute atomic E-state index is 13.1. The molecule has 0 bridgehead atoms. The van der Waals surface area contributed by atoms with Crippen molar-refractivity contribution in [2.45, 2.75) is 31.8 Å². The van der Waals surface area contributed by atoms with Gasteiger partial charge in [0.15, 0.2) is 6.23 Å². The fourth-order valence-electron chi connectivity index (χ4n) is 5.21. The Morgan fingerprint density at radius 2 is 1.62 bits per heavy atom. The number of hydrogen-bond acceptors (Lipinski definition) is 5. The largest absolute Gasteiger partial charge is 0.491 e. The van der Waals surface area contributed by atoms with Gasteiger partial charge in [-0.05, 0) is 74.5 Å². The van der Waals surface area contributed by atoms with Crippen molar-refractivity contribution in [3.63, 3.8) is 0 Å². The van der Waals surface area contributed by atoms with Gasteiger partial charge >= 0.3 is 12.1 Å². The van der Waals surface area contributed by atoms with Crippen molar-refractivity contribution in [2.24, 2.45) is 5.41 Å². The zero-order valence-electron chi connectivity index (χ0n) is 21.2. The highest BCUT2D eigenvalue weighted by Gasteiger charge is 2.59. The lowest BCUT2D eigenvalue weighted by atomic mass is 9.69. The zero-order valence-corrected chi connectivity index (χ0v) is 22.7. The molecule has 0 radical (unpaired) electrons. The fraction of sp³-hybridized carbons (Fsp3) is 0.310. The molecule has 2 saturated heterocycles. The number of piperidine rings is 1. The van der Waals surface area contributed by atoms with Crippen molar-refractivity contribution < 1.29 is 32.2 Å². The van der Waals surface area contributed by atoms with Crippen LogP contribution in [0.4, 0.5) is 13.2 Å². The van der Waals surface area contributed by atoms with E-state index < -0.39 is 29.7 Å². The minimum Gasteiger partial charge on any atom is -0.457 e. The van der Waals surface area contributed by atoms with Gasteiger partial charge in [0.2, 0.25) is 0 Å². The van der Waals surface area contributed by atoms with Gasteiger partial charge in [-0.1, -0.05) is 47.5 Å². The summed E-state index contributed by atoms with van der Waals surface area (Å²) in [6.45, 7) is 1.81. The lowest BCUT2D eigenvalue weighted by Crippen LogP contribution is -2.70. The van der Waals surface area contributed by atoms with Gasteiger partial charge in [0.05, 0.1) is 0 Å². The highest BCUT2D eigenvalue weighted by Crippen LogP contribution is 2.48. The topological polar surface area (TPSA) is 59.1 Å². The van der Waals surface area contributed by atoms with Crippen molar-refractivity contribution in [3.8, 4) is 11.5 Å². The molecule has 1 atom stereocenters. The summed E-state index contributed by atoms with van der Waals surface area (Å²) in [5, 5.41) is 0.977. The van der Waals surface area contributed by atoms with Crippen molar-refractivity contribution in [1.82, 2.24) is 9.80 Å². The van der Waals surface area contributed by atoms with Crippen LogP contribution in [0.1, 0.15) is 28.8 Å². The second-order valence-electron chi connectivity index (χ2n) is 10.0. The van der Waals surface area contributed by atoms with Crippen LogP contribution in [0, 0.1) is 5.41 Å². The van der Waals surface area contributed by atoms with Crippen LogP contribution in [0.2, 0.25) is 10.0 Å². The molecule has 1 spiro atoms. The van der Waals surface area contributed by atoms with Crippen LogP contribution in [-0.2, 0) is 16.1 Å². The Morgan fingerprint density at radius 1 is 0.925 bits per heavy atom. The minimum atomic E-state index is -5.17. The van der Waals surface area contributed by atoms with Crippen LogP contribution in [-0.4, -0.2) is 53.7 Å². The lowest BCUT2D eigenvalue weighted by Gasteiger charge is -2.58. The minimum absolute atomic E-state index is 0.187. The van der Waals surface area contributed by atoms with E-state index in [2.05, 4.69) is 4.90 Å². The summed E-state index contributed by atoms with van der Waals surface area (Å²) in [4.78, 5) is 28.3. The van der Waals surface area contributed by atoms with Crippen LogP contribution in [0.3, 0.4) is 0 Å². The van der Waals surface area contributed by atoms with Gasteiger partial charge in [-0.2, -0.15) is 13.2 Å². The number of para-hydroxylation sites is 1. The summed E-state index contributed by atoms with van der Waals surface area (Å²) in [7, 11) is 0. The van der Waals surface area contributed by atoms with Crippen LogP contribution >= 0.6 is 23.2 Å². The molecular weight excluding hydrogens is 568 g/mol. The van der Waals surface area contributed by atoms with E-state index in [-0.39, 0.29) is 12.1 Å². The van der Waals surface area contributed by atoms with Gasteiger partial charge in [-0.25, -0.2) is 4.79 Å². The number of likely N-dealkylation sites (tertiary alicyclic amines) is 2. The maximum atomic E-state index is 13.1. The monoisotopic (exact) mass is 592 g/mol. The van der Waals surface area contributed by atoms with Crippen molar-refractivity contribution in [1.29, 1.82) is 0 Å². The van der Waals surface area contributed by atoms with Crippen molar-refractivity contribution in [2.75, 3.05) is 19.6 Å². The molecular formula is C29H25Cl2F3N2O4. The molecule has 11 heteroatoms. The molecule has 2 aliphatic heterocycles. The van der Waals surface area contributed by atoms with E-state index in [1.165, 1.54) is 29.2 Å². The van der Waals surface area contributed by atoms with Crippen LogP contribution < -0.4 is 4.74 Å². The predicted octanol–water partition coefficient (Wildman–Crippen LogP) is 6.96. The predicted molar refractivity (Wildman–Crippen MR) is 143 cm³/mol. The molecule has 3 aromatic carbocycles. The lowest BCUT2D eigenvalue weighted by molar-refractivity contribution is -0.248. The van der Waals surface area contributed by atoms with Crippen LogP contribution in [0.15, 0.2) is 72.8 Å². The Bertz CT molecular complexity index is 1390. The van der Waals surface area contributed by atoms with Crippen molar-refractivity contribution in [3.05, 3.63) is 94.0 Å². The number of ether oxygens (including phenoxy) is 2. The number of esters is 1. The molecule has 0 aliphatic carbocycles. The normalized spacial score (nSPS) is 18.7. The van der Waals surface area contributed by atoms with Gasteiger partial charge in [0.25, 0.3) is 5.91 Å². The summed E-state index contributed by atoms with van der Waals surface area (Å²) in [6.07, 6.45) is -5.58. The number of amides is 1. The van der Waals surface area contributed by atoms with Gasteiger partial charge in [0, 0.05) is 39.7 Å². The maximum Gasteiger partial charge on any atom is 0.491 e. The SMILES string of the molecule is O=C(c1ccc(Cl)cc1)N1CC2(CCN(Cc3ccccc3Oc3cccc(Cl)c3)CC2)C1OC(=O)C(F)(F)F. The Hall–Kier alpha value is -3.27. The zero-order chi connectivity index (χ0) is 28.5. The molecule has 40 heavy (non-hydrogen) atoms. The first-order valence-electron chi connectivity index (χ1n) is 12.6. The molecule has 2 heterocycles. The molecule has 5 rings (SSSR count). The number of carbonyl (C=O) groups excluding carboxylic acids is 2. The van der Waals surface area contributed by atoms with E-state index in [4.69, 9.17) is 32.7 Å². The van der Waals surface area contributed by atoms with Crippen LogP contribution in [0.5, 0.6) is 11.5 Å². The number of hydrogen-bond donors (Lipinski definition) is 0. The Morgan fingerprint density at radius 3 is 2.30 bits per heavy atom. The highest BCUT2D eigenvalue weighted by atomic mass is 35.5. The fourth-order valence-corrected chi connectivity index (χ4v) is 5.51. The van der Waals surface area contributed by atoms with E-state index in [0.717, 1.165) is 5.56 Å². The first-order chi connectivity index (χ1) is 19.0. The Balaban J connectivity index is 1.28. The van der Waals surface area contributed by atoms with Gasteiger partial charge < -0.3 is 14.4 Å². The third kappa shape index (κ3) is 6.06. The van der Waals surface area contributed by atoms with Gasteiger partial charge in [-0.3, -0.25) is 9.69 Å². The first-order valence-corrected chi connectivity index (χ1v) is 13.4. The van der Waals surface area contributed by atoms with E-state index in [0.29, 0.717) is 54.0 Å². The molecule has 6 nitrogen and oxygen atoms in total. The quantitative estimate of drug-likeness (QED) is 0.290. The number of alkyl halides is 3.